The van der Waals surface area contributed by atoms with E-state index in [0.29, 0.717) is 16.6 Å². The van der Waals surface area contributed by atoms with Crippen LogP contribution in [0.4, 0.5) is 15.6 Å². The van der Waals surface area contributed by atoms with Gasteiger partial charge in [-0.3, -0.25) is 4.98 Å². The van der Waals surface area contributed by atoms with E-state index in [2.05, 4.69) is 10.1 Å². The number of primary amides is 1. The zero-order valence-corrected chi connectivity index (χ0v) is 14.5. The maximum absolute atomic E-state index is 12.0. The lowest BCUT2D eigenvalue weighted by Gasteiger charge is -2.15. The molecule has 2 amide bonds. The molecule has 6 nitrogen and oxygen atoms in total. The first-order chi connectivity index (χ1) is 11.4. The van der Waals surface area contributed by atoms with E-state index in [9.17, 15) is 4.79 Å². The molecule has 0 bridgehead atoms. The van der Waals surface area contributed by atoms with Crippen molar-refractivity contribution in [1.29, 1.82) is 0 Å². The van der Waals surface area contributed by atoms with E-state index >= 15 is 0 Å². The highest BCUT2D eigenvalue weighted by Gasteiger charge is 2.25. The molecule has 0 aliphatic rings. The second kappa shape index (κ2) is 6.09. The van der Waals surface area contributed by atoms with Crippen LogP contribution in [0, 0.1) is 0 Å². The van der Waals surface area contributed by atoms with Crippen molar-refractivity contribution < 1.29 is 9.32 Å². The number of carbonyl (C=O) groups excluding carboxylic acids is 1. The highest BCUT2D eigenvalue weighted by molar-refractivity contribution is 7.14. The number of carbonyl (C=O) groups is 1. The molecule has 0 spiro atoms. The number of pyridine rings is 1. The second-order valence-electron chi connectivity index (χ2n) is 6.38. The molecule has 0 aliphatic carbocycles. The molecule has 0 unspecified atom stereocenters. The Kier molecular flexibility index (Phi) is 4.11. The second-order valence-corrected chi connectivity index (χ2v) is 7.27. The number of nitrogens with zero attached hydrogens (tertiary/aromatic N) is 3. The number of thiophene rings is 1. The fraction of sp³-hybridized carbons (Fsp3) is 0.235. The van der Waals surface area contributed by atoms with E-state index in [1.54, 1.807) is 18.5 Å². The summed E-state index contributed by atoms with van der Waals surface area (Å²) in [5.74, 6) is 1.07. The average molecular weight is 342 g/mol. The number of hydrogen-bond donors (Lipinski definition) is 1. The maximum Gasteiger partial charge on any atom is 0.325 e. The number of aromatic nitrogens is 2. The Labute approximate surface area is 143 Å². The number of amides is 2. The Morgan fingerprint density at radius 2 is 1.92 bits per heavy atom. The molecule has 24 heavy (non-hydrogen) atoms. The number of hydrogen-bond acceptors (Lipinski definition) is 5. The van der Waals surface area contributed by atoms with Crippen LogP contribution in [0.3, 0.4) is 0 Å². The van der Waals surface area contributed by atoms with Crippen molar-refractivity contribution in [2.75, 3.05) is 4.90 Å². The number of urea groups is 1. The summed E-state index contributed by atoms with van der Waals surface area (Å²) in [5, 5.41) is 6.66. The molecule has 3 aromatic heterocycles. The molecule has 0 radical (unpaired) electrons. The Hall–Kier alpha value is -2.67. The van der Waals surface area contributed by atoms with E-state index in [-0.39, 0.29) is 5.41 Å². The Morgan fingerprint density at radius 1 is 1.21 bits per heavy atom. The first-order valence-corrected chi connectivity index (χ1v) is 8.30. The number of rotatable bonds is 3. The minimum atomic E-state index is -0.605. The van der Waals surface area contributed by atoms with Gasteiger partial charge in [-0.25, -0.2) is 9.69 Å². The first kappa shape index (κ1) is 16.2. The van der Waals surface area contributed by atoms with Gasteiger partial charge in [-0.05, 0) is 29.3 Å². The lowest BCUT2D eigenvalue weighted by Crippen LogP contribution is -2.31. The summed E-state index contributed by atoms with van der Waals surface area (Å²) in [7, 11) is 0. The molecule has 3 heterocycles. The predicted molar refractivity (Wildman–Crippen MR) is 94.5 cm³/mol. The third-order valence-corrected chi connectivity index (χ3v) is 4.42. The van der Waals surface area contributed by atoms with Crippen LogP contribution in [-0.2, 0) is 5.41 Å². The van der Waals surface area contributed by atoms with Crippen molar-refractivity contribution in [2.24, 2.45) is 5.73 Å². The third kappa shape index (κ3) is 3.16. The highest BCUT2D eigenvalue weighted by Crippen LogP contribution is 2.36. The number of anilines is 2. The molecule has 0 saturated carbocycles. The van der Waals surface area contributed by atoms with Gasteiger partial charge in [0.2, 0.25) is 0 Å². The van der Waals surface area contributed by atoms with Gasteiger partial charge in [-0.2, -0.15) is 0 Å². The van der Waals surface area contributed by atoms with Crippen LogP contribution in [0.1, 0.15) is 26.5 Å². The minimum Gasteiger partial charge on any atom is -0.359 e. The first-order valence-electron chi connectivity index (χ1n) is 7.42. The number of nitrogens with two attached hydrogens (primary N) is 1. The van der Waals surface area contributed by atoms with Gasteiger partial charge in [-0.15, -0.1) is 11.3 Å². The molecule has 0 atom stereocenters. The molecular formula is C17H18N4O2S. The van der Waals surface area contributed by atoms with Crippen molar-refractivity contribution >= 4 is 28.2 Å². The van der Waals surface area contributed by atoms with Crippen LogP contribution in [0.25, 0.3) is 11.1 Å². The molecule has 3 aromatic rings. The summed E-state index contributed by atoms with van der Waals surface area (Å²) >= 11 is 1.42. The molecule has 3 rings (SSSR count). The lowest BCUT2D eigenvalue weighted by molar-refractivity contribution is 0.255. The third-order valence-electron chi connectivity index (χ3n) is 3.51. The summed E-state index contributed by atoms with van der Waals surface area (Å²) in [6.45, 7) is 6.04. The van der Waals surface area contributed by atoms with Gasteiger partial charge in [0.05, 0.1) is 0 Å². The van der Waals surface area contributed by atoms with Crippen LogP contribution < -0.4 is 10.6 Å². The van der Waals surface area contributed by atoms with E-state index < -0.39 is 6.03 Å². The summed E-state index contributed by atoms with van der Waals surface area (Å²) in [6, 6.07) is 6.86. The molecule has 0 aliphatic heterocycles. The van der Waals surface area contributed by atoms with Crippen LogP contribution in [0.2, 0.25) is 0 Å². The molecule has 0 saturated heterocycles. The normalized spacial score (nSPS) is 11.5. The van der Waals surface area contributed by atoms with Crippen LogP contribution in [-0.4, -0.2) is 16.2 Å². The fourth-order valence-electron chi connectivity index (χ4n) is 2.20. The van der Waals surface area contributed by atoms with Crippen molar-refractivity contribution in [3.05, 3.63) is 47.8 Å². The van der Waals surface area contributed by atoms with Crippen molar-refractivity contribution in [3.8, 4) is 11.1 Å². The molecule has 124 valence electrons. The average Bonchev–Trinajstić information content (AvgIpc) is 3.17. The van der Waals surface area contributed by atoms with Gasteiger partial charge >= 0.3 is 6.03 Å². The van der Waals surface area contributed by atoms with Gasteiger partial charge < -0.3 is 10.3 Å². The van der Waals surface area contributed by atoms with Gasteiger partial charge in [0.25, 0.3) is 0 Å². The maximum atomic E-state index is 12.0. The van der Waals surface area contributed by atoms with E-state index in [0.717, 1.165) is 11.1 Å². The van der Waals surface area contributed by atoms with Crippen LogP contribution in [0.15, 0.2) is 46.6 Å². The standard InChI is InChI=1S/C17H18N4O2S/c1-17(2,3)13-9-14(20-23-13)21(16(18)22)15-8-12(10-24-15)11-4-6-19-7-5-11/h4-10H,1-3H3,(H2,18,22). The Balaban J connectivity index is 1.97. The van der Waals surface area contributed by atoms with E-state index in [4.69, 9.17) is 10.3 Å². The molecule has 0 aromatic carbocycles. The molecule has 0 fully saturated rings. The lowest BCUT2D eigenvalue weighted by atomic mass is 9.93. The quantitative estimate of drug-likeness (QED) is 0.768. The van der Waals surface area contributed by atoms with E-state index in [1.165, 1.54) is 16.2 Å². The smallest absolute Gasteiger partial charge is 0.325 e. The summed E-state index contributed by atoms with van der Waals surface area (Å²) in [5.41, 5.74) is 7.38. The van der Waals surface area contributed by atoms with Crippen molar-refractivity contribution in [2.45, 2.75) is 26.2 Å². The van der Waals surface area contributed by atoms with Gasteiger partial charge in [-0.1, -0.05) is 25.9 Å². The largest absolute Gasteiger partial charge is 0.359 e. The molecule has 2 N–H and O–H groups in total. The SMILES string of the molecule is CC(C)(C)c1cc(N(C(N)=O)c2cc(-c3ccncc3)cs2)no1. The van der Waals surface area contributed by atoms with Gasteiger partial charge in [0.1, 0.15) is 10.8 Å². The fourth-order valence-corrected chi connectivity index (χ4v) is 3.13. The summed E-state index contributed by atoms with van der Waals surface area (Å²) < 4.78 is 5.37. The van der Waals surface area contributed by atoms with E-state index in [1.807, 2.05) is 44.4 Å². The van der Waals surface area contributed by atoms with Crippen molar-refractivity contribution in [3.63, 3.8) is 0 Å². The van der Waals surface area contributed by atoms with Crippen molar-refractivity contribution in [1.82, 2.24) is 10.1 Å². The Bertz CT molecular complexity index is 849. The van der Waals surface area contributed by atoms with Crippen LogP contribution >= 0.6 is 11.3 Å². The highest BCUT2D eigenvalue weighted by atomic mass is 32.1. The topological polar surface area (TPSA) is 85.2 Å². The van der Waals surface area contributed by atoms with Gasteiger partial charge in [0, 0.05) is 29.3 Å². The molecular weight excluding hydrogens is 324 g/mol. The Morgan fingerprint density at radius 3 is 2.50 bits per heavy atom. The predicted octanol–water partition coefficient (Wildman–Crippen LogP) is 4.31. The zero-order chi connectivity index (χ0) is 17.3. The summed E-state index contributed by atoms with van der Waals surface area (Å²) in [6.07, 6.45) is 3.46. The van der Waals surface area contributed by atoms with Gasteiger partial charge in [0.15, 0.2) is 5.82 Å². The minimum absolute atomic E-state index is 0.202. The monoisotopic (exact) mass is 342 g/mol. The molecule has 7 heteroatoms. The zero-order valence-electron chi connectivity index (χ0n) is 13.7. The summed E-state index contributed by atoms with van der Waals surface area (Å²) in [4.78, 5) is 17.3. The van der Waals surface area contributed by atoms with Crippen LogP contribution in [0.5, 0.6) is 0 Å².